The molecule has 3 aliphatic carbocycles. The Morgan fingerprint density at radius 1 is 0.354 bits per heavy atom. The van der Waals surface area contributed by atoms with Crippen molar-refractivity contribution in [3.63, 3.8) is 0 Å². The number of benzene rings is 7. The molecule has 1 heteroatoms. The van der Waals surface area contributed by atoms with Gasteiger partial charge in [0.15, 0.2) is 0 Å². The van der Waals surface area contributed by atoms with Crippen molar-refractivity contribution in [3.05, 3.63) is 197 Å². The van der Waals surface area contributed by atoms with Crippen LogP contribution in [0.15, 0.2) is 164 Å². The molecule has 0 saturated carbocycles. The molecule has 228 valence electrons. The average Bonchev–Trinajstić information content (AvgIpc) is 3.37. The van der Waals surface area contributed by atoms with E-state index in [0.717, 1.165) is 5.69 Å². The van der Waals surface area contributed by atoms with E-state index < -0.39 is 0 Å². The van der Waals surface area contributed by atoms with Crippen molar-refractivity contribution >= 4 is 17.1 Å². The van der Waals surface area contributed by atoms with Crippen LogP contribution in [0.1, 0.15) is 59.1 Å². The normalized spacial score (nSPS) is 17.1. The largest absolute Gasteiger partial charge is 0.310 e. The lowest BCUT2D eigenvalue weighted by molar-refractivity contribution is 0.660. The predicted molar refractivity (Wildman–Crippen MR) is 200 cm³/mol. The zero-order valence-electron chi connectivity index (χ0n) is 27.2. The van der Waals surface area contributed by atoms with Crippen LogP contribution < -0.4 is 4.90 Å². The molecule has 0 bridgehead atoms. The zero-order chi connectivity index (χ0) is 32.0. The van der Waals surface area contributed by atoms with E-state index in [1.54, 1.807) is 0 Å². The van der Waals surface area contributed by atoms with Crippen LogP contribution in [0.5, 0.6) is 0 Å². The van der Waals surface area contributed by atoms with Gasteiger partial charge in [-0.2, -0.15) is 0 Å². The second kappa shape index (κ2) is 10.2. The van der Waals surface area contributed by atoms with Gasteiger partial charge in [0, 0.05) is 34.3 Å². The number of fused-ring (bicyclic) bond motifs is 14. The fourth-order valence-electron chi connectivity index (χ4n) is 9.16. The summed E-state index contributed by atoms with van der Waals surface area (Å²) in [4.78, 5) is 2.45. The van der Waals surface area contributed by atoms with E-state index in [1.165, 1.54) is 78.1 Å². The van der Waals surface area contributed by atoms with E-state index in [-0.39, 0.29) is 17.3 Å². The highest BCUT2D eigenvalue weighted by Crippen LogP contribution is 2.59. The molecule has 0 spiro atoms. The summed E-state index contributed by atoms with van der Waals surface area (Å²) in [6, 6.07) is 61.3. The van der Waals surface area contributed by atoms with E-state index in [2.05, 4.69) is 183 Å². The van der Waals surface area contributed by atoms with Gasteiger partial charge in [-0.1, -0.05) is 141 Å². The van der Waals surface area contributed by atoms with Gasteiger partial charge in [0.05, 0.1) is 0 Å². The van der Waals surface area contributed by atoms with Crippen LogP contribution in [0.4, 0.5) is 17.1 Å². The maximum Gasteiger partial charge on any atom is 0.0468 e. The molecule has 0 radical (unpaired) electrons. The first-order valence-electron chi connectivity index (χ1n) is 17.1. The van der Waals surface area contributed by atoms with Crippen LogP contribution in [-0.4, -0.2) is 0 Å². The third kappa shape index (κ3) is 3.79. The van der Waals surface area contributed by atoms with Crippen LogP contribution in [-0.2, 0) is 5.41 Å². The molecule has 2 unspecified atom stereocenters. The van der Waals surface area contributed by atoms with Crippen molar-refractivity contribution in [3.8, 4) is 33.4 Å². The lowest BCUT2D eigenvalue weighted by Crippen LogP contribution is -2.24. The lowest BCUT2D eigenvalue weighted by Gasteiger charge is -2.42. The monoisotopic (exact) mass is 613 g/mol. The van der Waals surface area contributed by atoms with Crippen molar-refractivity contribution in [2.45, 2.75) is 31.1 Å². The highest BCUT2D eigenvalue weighted by molar-refractivity contribution is 5.89. The molecule has 0 aliphatic heterocycles. The van der Waals surface area contributed by atoms with Crippen molar-refractivity contribution in [1.82, 2.24) is 0 Å². The zero-order valence-corrected chi connectivity index (χ0v) is 27.2. The van der Waals surface area contributed by atoms with E-state index >= 15 is 0 Å². The van der Waals surface area contributed by atoms with Gasteiger partial charge in [-0.25, -0.2) is 0 Å². The molecule has 3 aliphatic rings. The summed E-state index contributed by atoms with van der Waals surface area (Å²) in [5, 5.41) is 0. The Labute approximate surface area is 282 Å². The Hall–Kier alpha value is -5.66. The molecule has 0 fully saturated rings. The summed E-state index contributed by atoms with van der Waals surface area (Å²) < 4.78 is 0. The Balaban J connectivity index is 1.21. The van der Waals surface area contributed by atoms with Crippen LogP contribution in [0.25, 0.3) is 33.4 Å². The third-order valence-electron chi connectivity index (χ3n) is 11.3. The van der Waals surface area contributed by atoms with Gasteiger partial charge in [0.25, 0.3) is 0 Å². The molecule has 7 aromatic carbocycles. The second-order valence-corrected chi connectivity index (χ2v) is 14.1. The lowest BCUT2D eigenvalue weighted by atomic mass is 9.61. The summed E-state index contributed by atoms with van der Waals surface area (Å²) in [6.07, 6.45) is 0. The quantitative estimate of drug-likeness (QED) is 0.192. The molecule has 48 heavy (non-hydrogen) atoms. The fraction of sp³-hybridized carbons (Fsp3) is 0.106. The number of rotatable bonds is 3. The highest BCUT2D eigenvalue weighted by atomic mass is 15.1. The predicted octanol–water partition coefficient (Wildman–Crippen LogP) is 12.4. The Bertz CT molecular complexity index is 2400. The number of para-hydroxylation sites is 1. The van der Waals surface area contributed by atoms with Gasteiger partial charge in [-0.3, -0.25) is 0 Å². The summed E-state index contributed by atoms with van der Waals surface area (Å²) >= 11 is 0. The Kier molecular flexibility index (Phi) is 5.82. The van der Waals surface area contributed by atoms with Crippen molar-refractivity contribution in [2.75, 3.05) is 4.90 Å². The molecule has 0 aromatic heterocycles. The minimum absolute atomic E-state index is 0.0269. The summed E-state index contributed by atoms with van der Waals surface area (Å²) in [5.74, 6) is 0.463. The maximum absolute atomic E-state index is 2.49. The van der Waals surface area contributed by atoms with Gasteiger partial charge in [-0.15, -0.1) is 0 Å². The SMILES string of the molecule is CC1(C)c2ccccc2-c2cc(N(c3ccccc3)c3ccc4c(c3)C3c5ccccc5-c5ccccc5C3c3ccccc3-4)ccc21. The van der Waals surface area contributed by atoms with Gasteiger partial charge in [0.2, 0.25) is 0 Å². The average molecular weight is 614 g/mol. The first-order valence-corrected chi connectivity index (χ1v) is 17.1. The summed E-state index contributed by atoms with van der Waals surface area (Å²) in [5.41, 5.74) is 20.0. The molecule has 10 rings (SSSR count). The molecular formula is C47H35N. The molecule has 0 amide bonds. The molecule has 7 aromatic rings. The molecular weight excluding hydrogens is 579 g/mol. The maximum atomic E-state index is 2.49. The first kappa shape index (κ1) is 27.5. The number of hydrogen-bond acceptors (Lipinski definition) is 1. The van der Waals surface area contributed by atoms with E-state index in [0.29, 0.717) is 0 Å². The molecule has 0 saturated heterocycles. The van der Waals surface area contributed by atoms with Crippen LogP contribution >= 0.6 is 0 Å². The van der Waals surface area contributed by atoms with Gasteiger partial charge in [0.1, 0.15) is 0 Å². The van der Waals surface area contributed by atoms with Gasteiger partial charge in [-0.05, 0) is 103 Å². The Morgan fingerprint density at radius 3 is 1.46 bits per heavy atom. The second-order valence-electron chi connectivity index (χ2n) is 14.1. The first-order chi connectivity index (χ1) is 23.6. The van der Waals surface area contributed by atoms with Crippen molar-refractivity contribution < 1.29 is 0 Å². The topological polar surface area (TPSA) is 3.24 Å². The van der Waals surface area contributed by atoms with E-state index in [4.69, 9.17) is 0 Å². The number of anilines is 3. The summed E-state index contributed by atoms with van der Waals surface area (Å²) in [7, 11) is 0. The standard InChI is InChI=1S/C47H35N/c1-47(2)43-23-13-12-19-37(43)41-28-32(25-27-44(41)47)48(30-14-4-3-5-15-30)31-24-26-36-35-18-8-10-21-39(35)45-38-20-9-6-16-33(38)34-17-7-11-22-40(34)46(45)42(36)29-31/h3-29,45-46H,1-2H3. The molecule has 2 atom stereocenters. The molecule has 0 N–H and O–H groups in total. The van der Waals surface area contributed by atoms with E-state index in [1.807, 2.05) is 0 Å². The molecule has 1 nitrogen and oxygen atoms in total. The fourth-order valence-corrected chi connectivity index (χ4v) is 9.16. The highest BCUT2D eigenvalue weighted by Gasteiger charge is 2.41. The van der Waals surface area contributed by atoms with Crippen LogP contribution in [0, 0.1) is 0 Å². The smallest absolute Gasteiger partial charge is 0.0468 e. The van der Waals surface area contributed by atoms with E-state index in [9.17, 15) is 0 Å². The van der Waals surface area contributed by atoms with Crippen LogP contribution in [0.3, 0.4) is 0 Å². The van der Waals surface area contributed by atoms with Gasteiger partial charge < -0.3 is 4.90 Å². The third-order valence-corrected chi connectivity index (χ3v) is 11.3. The van der Waals surface area contributed by atoms with Gasteiger partial charge >= 0.3 is 0 Å². The number of hydrogen-bond donors (Lipinski definition) is 0. The van der Waals surface area contributed by atoms with Crippen molar-refractivity contribution in [1.29, 1.82) is 0 Å². The van der Waals surface area contributed by atoms with Crippen LogP contribution in [0.2, 0.25) is 0 Å². The summed E-state index contributed by atoms with van der Waals surface area (Å²) in [6.45, 7) is 4.70. The molecule has 0 heterocycles. The minimum Gasteiger partial charge on any atom is -0.310 e. The number of nitrogens with zero attached hydrogens (tertiary/aromatic N) is 1. The van der Waals surface area contributed by atoms with Crippen molar-refractivity contribution in [2.24, 2.45) is 0 Å². The minimum atomic E-state index is -0.0269. The Morgan fingerprint density at radius 2 is 0.812 bits per heavy atom.